The van der Waals surface area contributed by atoms with Crippen LogP contribution in [-0.4, -0.2) is 35.3 Å². The van der Waals surface area contributed by atoms with E-state index in [4.69, 9.17) is 9.84 Å². The summed E-state index contributed by atoms with van der Waals surface area (Å²) >= 11 is 0. The fraction of sp³-hybridized carbons (Fsp3) is 0.333. The SMILES string of the molecule is Cc1c(C#N)ccc2c1CC1=C2C(=O)c2ccc(OC[C@H](O)CO)cc2C1(C)C. The maximum absolute atomic E-state index is 13.4. The van der Waals surface area contributed by atoms with Crippen LogP contribution in [0.15, 0.2) is 35.9 Å². The highest BCUT2D eigenvalue weighted by atomic mass is 16.5. The molecule has 0 saturated carbocycles. The van der Waals surface area contributed by atoms with E-state index in [9.17, 15) is 15.2 Å². The van der Waals surface area contributed by atoms with Crippen molar-refractivity contribution < 1.29 is 19.7 Å². The van der Waals surface area contributed by atoms with Crippen LogP contribution >= 0.6 is 0 Å². The second-order valence-electron chi connectivity index (χ2n) is 8.22. The van der Waals surface area contributed by atoms with E-state index in [1.807, 2.05) is 19.1 Å². The number of aliphatic hydroxyl groups excluding tert-OH is 2. The number of allylic oxidation sites excluding steroid dienone is 2. The van der Waals surface area contributed by atoms with Gasteiger partial charge < -0.3 is 14.9 Å². The van der Waals surface area contributed by atoms with E-state index in [1.54, 1.807) is 18.2 Å². The van der Waals surface area contributed by atoms with Crippen molar-refractivity contribution in [1.29, 1.82) is 5.26 Å². The molecule has 2 aliphatic rings. The molecule has 5 nitrogen and oxygen atoms in total. The van der Waals surface area contributed by atoms with Crippen molar-refractivity contribution in [1.82, 2.24) is 0 Å². The molecule has 0 heterocycles. The Kier molecular flexibility index (Phi) is 4.57. The molecule has 2 aromatic carbocycles. The smallest absolute Gasteiger partial charge is 0.193 e. The number of aliphatic hydroxyl groups is 2. The molecule has 2 aliphatic carbocycles. The van der Waals surface area contributed by atoms with Crippen molar-refractivity contribution >= 4 is 11.4 Å². The highest BCUT2D eigenvalue weighted by Crippen LogP contribution is 2.51. The first-order chi connectivity index (χ1) is 13.8. The van der Waals surface area contributed by atoms with Gasteiger partial charge in [0.15, 0.2) is 5.78 Å². The predicted molar refractivity (Wildman–Crippen MR) is 109 cm³/mol. The summed E-state index contributed by atoms with van der Waals surface area (Å²) in [5, 5.41) is 27.9. The molecular formula is C24H23NO4. The van der Waals surface area contributed by atoms with Crippen LogP contribution in [0.5, 0.6) is 5.75 Å². The number of ether oxygens (including phenoxy) is 1. The van der Waals surface area contributed by atoms with Crippen molar-refractivity contribution in [3.8, 4) is 11.8 Å². The normalized spacial score (nSPS) is 17.3. The molecular weight excluding hydrogens is 366 g/mol. The van der Waals surface area contributed by atoms with E-state index in [-0.39, 0.29) is 24.4 Å². The largest absolute Gasteiger partial charge is 0.491 e. The van der Waals surface area contributed by atoms with Crippen LogP contribution in [0.4, 0.5) is 0 Å². The third-order valence-electron chi connectivity index (χ3n) is 6.19. The monoisotopic (exact) mass is 389 g/mol. The third kappa shape index (κ3) is 2.88. The highest BCUT2D eigenvalue weighted by molar-refractivity contribution is 6.33. The Labute approximate surface area is 169 Å². The van der Waals surface area contributed by atoms with Gasteiger partial charge in [-0.2, -0.15) is 5.26 Å². The minimum absolute atomic E-state index is 0.000810. The van der Waals surface area contributed by atoms with Gasteiger partial charge >= 0.3 is 0 Å². The Morgan fingerprint density at radius 1 is 1.24 bits per heavy atom. The molecule has 0 aromatic heterocycles. The first kappa shape index (κ1) is 19.4. The average Bonchev–Trinajstić information content (AvgIpc) is 3.12. The van der Waals surface area contributed by atoms with Crippen molar-refractivity contribution in [2.45, 2.75) is 38.7 Å². The summed E-state index contributed by atoms with van der Waals surface area (Å²) < 4.78 is 5.60. The molecule has 0 spiro atoms. The fourth-order valence-electron chi connectivity index (χ4n) is 4.43. The molecule has 5 heteroatoms. The number of ketones is 1. The maximum atomic E-state index is 13.4. The van der Waals surface area contributed by atoms with Gasteiger partial charge in [0.25, 0.3) is 0 Å². The molecule has 0 fully saturated rings. The molecule has 2 aromatic rings. The molecule has 0 radical (unpaired) electrons. The van der Waals surface area contributed by atoms with E-state index < -0.39 is 6.10 Å². The molecule has 2 N–H and O–H groups in total. The molecule has 0 unspecified atom stereocenters. The summed E-state index contributed by atoms with van der Waals surface area (Å²) in [6.45, 7) is 5.77. The van der Waals surface area contributed by atoms with Gasteiger partial charge in [-0.05, 0) is 65.4 Å². The van der Waals surface area contributed by atoms with E-state index in [0.717, 1.165) is 33.4 Å². The van der Waals surface area contributed by atoms with Gasteiger partial charge in [-0.25, -0.2) is 0 Å². The number of hydrogen-bond acceptors (Lipinski definition) is 5. The quantitative estimate of drug-likeness (QED) is 0.839. The fourth-order valence-corrected chi connectivity index (χ4v) is 4.43. The van der Waals surface area contributed by atoms with Gasteiger partial charge in [-0.15, -0.1) is 0 Å². The average molecular weight is 389 g/mol. The molecule has 4 rings (SSSR count). The number of rotatable bonds is 4. The lowest BCUT2D eigenvalue weighted by Gasteiger charge is -2.34. The van der Waals surface area contributed by atoms with E-state index >= 15 is 0 Å². The number of hydrogen-bond donors (Lipinski definition) is 2. The van der Waals surface area contributed by atoms with Gasteiger partial charge in [0.1, 0.15) is 18.5 Å². The summed E-state index contributed by atoms with van der Waals surface area (Å²) in [6.07, 6.45) is -0.296. The topological polar surface area (TPSA) is 90.6 Å². The summed E-state index contributed by atoms with van der Waals surface area (Å²) in [5.74, 6) is 0.554. The first-order valence-electron chi connectivity index (χ1n) is 9.67. The van der Waals surface area contributed by atoms with Gasteiger partial charge in [0.2, 0.25) is 0 Å². The van der Waals surface area contributed by atoms with Gasteiger partial charge in [-0.3, -0.25) is 4.79 Å². The summed E-state index contributed by atoms with van der Waals surface area (Å²) in [6, 6.07) is 11.3. The van der Waals surface area contributed by atoms with Crippen LogP contribution in [0.3, 0.4) is 0 Å². The summed E-state index contributed by atoms with van der Waals surface area (Å²) in [5.41, 5.74) is 6.56. The Hall–Kier alpha value is -2.94. The van der Waals surface area contributed by atoms with Crippen LogP contribution < -0.4 is 4.74 Å². The zero-order valence-electron chi connectivity index (χ0n) is 16.7. The number of Topliss-reactive ketones (excluding diaryl/α,β-unsaturated/α-hetero) is 1. The number of carbonyl (C=O) groups is 1. The van der Waals surface area contributed by atoms with Crippen molar-refractivity contribution in [3.63, 3.8) is 0 Å². The molecule has 1 atom stereocenters. The van der Waals surface area contributed by atoms with Crippen LogP contribution in [0, 0.1) is 18.3 Å². The van der Waals surface area contributed by atoms with Gasteiger partial charge in [0, 0.05) is 16.6 Å². The van der Waals surface area contributed by atoms with Crippen LogP contribution in [-0.2, 0) is 11.8 Å². The standard InChI is InChI=1S/C24H23NO4/c1-13-14(10-25)4-6-17-19(13)9-21-22(17)23(28)18-7-5-16(29-12-15(27)11-26)8-20(18)24(21,2)3/h4-8,15,26-27H,9,11-12H2,1-3H3/t15-/m1/s1. The number of nitrogens with zero attached hydrogens (tertiary/aromatic N) is 1. The lowest BCUT2D eigenvalue weighted by Crippen LogP contribution is -2.30. The number of nitriles is 1. The Balaban J connectivity index is 1.78. The van der Waals surface area contributed by atoms with Crippen LogP contribution in [0.1, 0.15) is 52.0 Å². The van der Waals surface area contributed by atoms with Gasteiger partial charge in [0.05, 0.1) is 18.2 Å². The number of benzene rings is 2. The molecule has 0 aliphatic heterocycles. The van der Waals surface area contributed by atoms with Crippen LogP contribution in [0.25, 0.3) is 5.57 Å². The molecule has 0 saturated heterocycles. The second kappa shape index (κ2) is 6.84. The molecule has 0 amide bonds. The minimum atomic E-state index is -0.948. The van der Waals surface area contributed by atoms with Gasteiger partial charge in [-0.1, -0.05) is 19.9 Å². The first-order valence-corrected chi connectivity index (χ1v) is 9.67. The van der Waals surface area contributed by atoms with Crippen LogP contribution in [0.2, 0.25) is 0 Å². The highest BCUT2D eigenvalue weighted by Gasteiger charge is 2.43. The van der Waals surface area contributed by atoms with E-state index in [1.165, 1.54) is 0 Å². The lowest BCUT2D eigenvalue weighted by molar-refractivity contribution is 0.0535. The maximum Gasteiger partial charge on any atom is 0.193 e. The predicted octanol–water partition coefficient (Wildman–Crippen LogP) is 3.08. The molecule has 0 bridgehead atoms. The number of carbonyl (C=O) groups excluding carboxylic acids is 1. The summed E-state index contributed by atoms with van der Waals surface area (Å²) in [4.78, 5) is 13.4. The lowest BCUT2D eigenvalue weighted by atomic mass is 9.68. The van der Waals surface area contributed by atoms with E-state index in [0.29, 0.717) is 23.3 Å². The third-order valence-corrected chi connectivity index (χ3v) is 6.19. The minimum Gasteiger partial charge on any atom is -0.491 e. The number of fused-ring (bicyclic) bond motifs is 3. The van der Waals surface area contributed by atoms with Crippen molar-refractivity contribution in [2.75, 3.05) is 13.2 Å². The van der Waals surface area contributed by atoms with Crippen molar-refractivity contribution in [3.05, 3.63) is 69.3 Å². The molecule has 29 heavy (non-hydrogen) atoms. The zero-order valence-corrected chi connectivity index (χ0v) is 16.7. The Bertz CT molecular complexity index is 1100. The van der Waals surface area contributed by atoms with E-state index in [2.05, 4.69) is 19.9 Å². The van der Waals surface area contributed by atoms with Crippen molar-refractivity contribution in [2.24, 2.45) is 0 Å². The zero-order chi connectivity index (χ0) is 20.9. The Morgan fingerprint density at radius 2 is 1.97 bits per heavy atom. The summed E-state index contributed by atoms with van der Waals surface area (Å²) in [7, 11) is 0. The Morgan fingerprint density at radius 3 is 2.66 bits per heavy atom. The molecule has 148 valence electrons. The second-order valence-corrected chi connectivity index (χ2v) is 8.22.